The van der Waals surface area contributed by atoms with Crippen molar-refractivity contribution in [3.63, 3.8) is 0 Å². The van der Waals surface area contributed by atoms with Crippen molar-refractivity contribution in [3.8, 4) is 0 Å². The monoisotopic (exact) mass is 280 g/mol. The Morgan fingerprint density at radius 1 is 1.47 bits per heavy atom. The molecule has 0 amide bonds. The normalized spacial score (nSPS) is 18.9. The maximum Gasteiger partial charge on any atom is 0.322 e. The van der Waals surface area contributed by atoms with Crippen LogP contribution in [0.15, 0.2) is 0 Å². The van der Waals surface area contributed by atoms with Crippen molar-refractivity contribution >= 4 is 33.2 Å². The second kappa shape index (κ2) is 5.28. The summed E-state index contributed by atoms with van der Waals surface area (Å²) in [6.45, 7) is 0. The van der Waals surface area contributed by atoms with Crippen LogP contribution in [0.2, 0.25) is 0 Å². The molecule has 98 valence electrons. The SMILES string of the molecule is COC(=O)CS(=O)(=O)NC1(C(N)=S)CCCC1. The van der Waals surface area contributed by atoms with Crippen LogP contribution in [0.5, 0.6) is 0 Å². The van der Waals surface area contributed by atoms with Crippen molar-refractivity contribution in [3.05, 3.63) is 0 Å². The molecule has 0 atom stereocenters. The van der Waals surface area contributed by atoms with Crippen molar-refractivity contribution < 1.29 is 17.9 Å². The third-order valence-corrected chi connectivity index (χ3v) is 4.52. The van der Waals surface area contributed by atoms with Crippen LogP contribution in [-0.4, -0.2) is 37.8 Å². The second-order valence-corrected chi connectivity index (χ2v) is 6.25. The van der Waals surface area contributed by atoms with Gasteiger partial charge in [-0.3, -0.25) is 4.79 Å². The highest BCUT2D eigenvalue weighted by Crippen LogP contribution is 2.30. The summed E-state index contributed by atoms with van der Waals surface area (Å²) in [5.74, 6) is -1.53. The number of carbonyl (C=O) groups excluding carboxylic acids is 1. The van der Waals surface area contributed by atoms with Crippen molar-refractivity contribution in [2.75, 3.05) is 12.9 Å². The number of sulfonamides is 1. The van der Waals surface area contributed by atoms with Crippen molar-refractivity contribution in [2.45, 2.75) is 31.2 Å². The van der Waals surface area contributed by atoms with E-state index in [1.165, 1.54) is 0 Å². The Morgan fingerprint density at radius 3 is 2.41 bits per heavy atom. The summed E-state index contributed by atoms with van der Waals surface area (Å²) in [6.07, 6.45) is 2.86. The first-order valence-electron chi connectivity index (χ1n) is 5.20. The van der Waals surface area contributed by atoms with Crippen LogP contribution in [0.25, 0.3) is 0 Å². The molecule has 0 heterocycles. The van der Waals surface area contributed by atoms with Crippen LogP contribution in [0.3, 0.4) is 0 Å². The molecule has 0 aliphatic heterocycles. The fourth-order valence-corrected chi connectivity index (χ4v) is 3.65. The molecular weight excluding hydrogens is 264 g/mol. The zero-order valence-electron chi connectivity index (χ0n) is 9.56. The van der Waals surface area contributed by atoms with Gasteiger partial charge in [0.25, 0.3) is 0 Å². The van der Waals surface area contributed by atoms with Crippen LogP contribution in [0.1, 0.15) is 25.7 Å². The van der Waals surface area contributed by atoms with Crippen LogP contribution in [0, 0.1) is 0 Å². The number of nitrogens with one attached hydrogen (secondary N) is 1. The third-order valence-electron chi connectivity index (χ3n) is 2.82. The number of thiocarbonyl (C=S) groups is 1. The lowest BCUT2D eigenvalue weighted by Crippen LogP contribution is -2.55. The van der Waals surface area contributed by atoms with Gasteiger partial charge in [0.05, 0.1) is 17.6 Å². The van der Waals surface area contributed by atoms with E-state index in [9.17, 15) is 13.2 Å². The van der Waals surface area contributed by atoms with Gasteiger partial charge in [0.2, 0.25) is 10.0 Å². The number of hydrogen-bond acceptors (Lipinski definition) is 5. The molecule has 0 aromatic carbocycles. The quantitative estimate of drug-likeness (QED) is 0.529. The first kappa shape index (κ1) is 14.3. The summed E-state index contributed by atoms with van der Waals surface area (Å²) in [7, 11) is -2.64. The summed E-state index contributed by atoms with van der Waals surface area (Å²) in [5.41, 5.74) is 4.72. The molecule has 1 fully saturated rings. The largest absolute Gasteiger partial charge is 0.468 e. The summed E-state index contributed by atoms with van der Waals surface area (Å²) < 4.78 is 30.2. The summed E-state index contributed by atoms with van der Waals surface area (Å²) in [6, 6.07) is 0. The first-order valence-corrected chi connectivity index (χ1v) is 7.26. The molecule has 1 aliphatic carbocycles. The minimum Gasteiger partial charge on any atom is -0.468 e. The highest BCUT2D eigenvalue weighted by atomic mass is 32.2. The Bertz CT molecular complexity index is 413. The maximum atomic E-state index is 11.7. The highest BCUT2D eigenvalue weighted by Gasteiger charge is 2.40. The van der Waals surface area contributed by atoms with Gasteiger partial charge in [0, 0.05) is 0 Å². The molecule has 3 N–H and O–H groups in total. The number of esters is 1. The Labute approximate surface area is 106 Å². The Morgan fingerprint density at radius 2 is 2.00 bits per heavy atom. The number of ether oxygens (including phenoxy) is 1. The molecular formula is C9H16N2O4S2. The van der Waals surface area contributed by atoms with E-state index in [1.54, 1.807) is 0 Å². The fourth-order valence-electron chi connectivity index (χ4n) is 1.93. The molecule has 0 saturated heterocycles. The summed E-state index contributed by atoms with van der Waals surface area (Å²) in [4.78, 5) is 11.1. The molecule has 0 radical (unpaired) electrons. The minimum atomic E-state index is -3.77. The molecule has 0 unspecified atom stereocenters. The van der Waals surface area contributed by atoms with E-state index in [0.29, 0.717) is 12.8 Å². The number of hydrogen-bond donors (Lipinski definition) is 2. The predicted molar refractivity (Wildman–Crippen MR) is 66.9 cm³/mol. The van der Waals surface area contributed by atoms with Gasteiger partial charge in [-0.25, -0.2) is 13.1 Å². The lowest BCUT2D eigenvalue weighted by Gasteiger charge is -2.28. The van der Waals surface area contributed by atoms with E-state index in [1.807, 2.05) is 0 Å². The Kier molecular flexibility index (Phi) is 4.45. The van der Waals surface area contributed by atoms with Crippen LogP contribution < -0.4 is 10.5 Å². The molecule has 1 rings (SSSR count). The third kappa shape index (κ3) is 3.62. The topological polar surface area (TPSA) is 98.5 Å². The molecule has 0 aromatic rings. The Balaban J connectivity index is 2.81. The van der Waals surface area contributed by atoms with Gasteiger partial charge in [-0.15, -0.1) is 0 Å². The predicted octanol–water partition coefficient (Wildman–Crippen LogP) is -0.322. The van der Waals surface area contributed by atoms with Gasteiger partial charge in [0.15, 0.2) is 5.75 Å². The van der Waals surface area contributed by atoms with Crippen LogP contribution >= 0.6 is 12.2 Å². The Hall–Kier alpha value is -0.730. The van der Waals surface area contributed by atoms with Gasteiger partial charge in [-0.2, -0.15) is 0 Å². The molecule has 0 aromatic heterocycles. The van der Waals surface area contributed by atoms with Crippen molar-refractivity contribution in [1.82, 2.24) is 4.72 Å². The zero-order valence-corrected chi connectivity index (χ0v) is 11.2. The van der Waals surface area contributed by atoms with Crippen LogP contribution in [0.4, 0.5) is 0 Å². The second-order valence-electron chi connectivity index (χ2n) is 4.09. The number of nitrogens with two attached hydrogens (primary N) is 1. The van der Waals surface area contributed by atoms with E-state index in [4.69, 9.17) is 18.0 Å². The summed E-state index contributed by atoms with van der Waals surface area (Å²) >= 11 is 4.91. The van der Waals surface area contributed by atoms with Gasteiger partial charge >= 0.3 is 5.97 Å². The van der Waals surface area contributed by atoms with E-state index < -0.39 is 27.3 Å². The smallest absolute Gasteiger partial charge is 0.322 e. The van der Waals surface area contributed by atoms with E-state index in [-0.39, 0.29) is 4.99 Å². The van der Waals surface area contributed by atoms with Gasteiger partial charge in [-0.05, 0) is 12.8 Å². The standard InChI is InChI=1S/C9H16N2O4S2/c1-15-7(12)6-17(13,14)11-9(8(10)16)4-2-3-5-9/h11H,2-6H2,1H3,(H2,10,16). The van der Waals surface area contributed by atoms with E-state index >= 15 is 0 Å². The van der Waals surface area contributed by atoms with Gasteiger partial charge < -0.3 is 10.5 Å². The van der Waals surface area contributed by atoms with Gasteiger partial charge in [0.1, 0.15) is 0 Å². The molecule has 0 bridgehead atoms. The molecule has 1 saturated carbocycles. The number of methoxy groups -OCH3 is 1. The van der Waals surface area contributed by atoms with Gasteiger partial charge in [-0.1, -0.05) is 25.1 Å². The summed E-state index contributed by atoms with van der Waals surface area (Å²) in [5, 5.41) is 0. The first-order chi connectivity index (χ1) is 7.81. The molecule has 8 heteroatoms. The maximum absolute atomic E-state index is 11.7. The minimum absolute atomic E-state index is 0.128. The van der Waals surface area contributed by atoms with E-state index in [2.05, 4.69) is 9.46 Å². The highest BCUT2D eigenvalue weighted by molar-refractivity contribution is 7.90. The molecule has 17 heavy (non-hydrogen) atoms. The van der Waals surface area contributed by atoms with Crippen molar-refractivity contribution in [1.29, 1.82) is 0 Å². The molecule has 0 spiro atoms. The lowest BCUT2D eigenvalue weighted by molar-refractivity contribution is -0.137. The number of rotatable bonds is 5. The fraction of sp³-hybridized carbons (Fsp3) is 0.778. The lowest BCUT2D eigenvalue weighted by atomic mass is 10.00. The molecule has 6 nitrogen and oxygen atoms in total. The zero-order chi connectivity index (χ0) is 13.1. The average Bonchev–Trinajstić information content (AvgIpc) is 2.65. The molecule has 1 aliphatic rings. The van der Waals surface area contributed by atoms with Crippen molar-refractivity contribution in [2.24, 2.45) is 5.73 Å². The van der Waals surface area contributed by atoms with E-state index in [0.717, 1.165) is 20.0 Å². The van der Waals surface area contributed by atoms with Crippen LogP contribution in [-0.2, 0) is 19.6 Å². The average molecular weight is 280 g/mol. The number of carbonyl (C=O) groups is 1.